The third-order valence-corrected chi connectivity index (χ3v) is 7.22. The van der Waals surface area contributed by atoms with Crippen LogP contribution < -0.4 is 10.6 Å². The minimum atomic E-state index is -1.18. The molecule has 35 heavy (non-hydrogen) atoms. The zero-order valence-corrected chi connectivity index (χ0v) is 20.4. The molecule has 3 rings (SSSR count). The van der Waals surface area contributed by atoms with E-state index in [-0.39, 0.29) is 30.4 Å². The summed E-state index contributed by atoms with van der Waals surface area (Å²) in [5, 5.41) is 30.6. The van der Waals surface area contributed by atoms with E-state index in [1.807, 2.05) is 19.2 Å². The topological polar surface area (TPSA) is 131 Å². The van der Waals surface area contributed by atoms with Gasteiger partial charge in [-0.1, -0.05) is 38.5 Å². The number of nitro groups is 1. The van der Waals surface area contributed by atoms with Crippen molar-refractivity contribution in [3.8, 4) is 0 Å². The second kappa shape index (κ2) is 12.2. The summed E-state index contributed by atoms with van der Waals surface area (Å²) in [6.45, 7) is 3.61. The van der Waals surface area contributed by atoms with Crippen LogP contribution in [0.25, 0.3) is 0 Å². The summed E-state index contributed by atoms with van der Waals surface area (Å²) in [6.07, 6.45) is -0.380. The first-order valence-corrected chi connectivity index (χ1v) is 12.4. The van der Waals surface area contributed by atoms with Crippen molar-refractivity contribution in [1.29, 1.82) is 0 Å². The standard InChI is InChI=1S/C24H30FN3O6S/c1-3-14(2)23(34-12-15-6-4-5-7-17(15)25)19-21(24(31)26-10-8-18(29)30)27-20(22(19)28(32)33)16-9-11-35-13-16/h4-7,9,11,13-14,19-23,27H,3,8,10,12H2,1-2H3,(H,26,31)(H,29,30)/t14-,19+,20-,21-,22-,23-/m0/s1. The molecule has 0 unspecified atom stereocenters. The Labute approximate surface area is 206 Å². The number of thiophene rings is 1. The van der Waals surface area contributed by atoms with Crippen molar-refractivity contribution in [1.82, 2.24) is 10.6 Å². The number of nitrogens with zero attached hydrogens (tertiary/aromatic N) is 1. The molecule has 9 nitrogen and oxygen atoms in total. The maximum Gasteiger partial charge on any atom is 0.305 e. The van der Waals surface area contributed by atoms with Crippen LogP contribution in [0.5, 0.6) is 0 Å². The number of amides is 1. The van der Waals surface area contributed by atoms with Gasteiger partial charge in [-0.3, -0.25) is 25.0 Å². The number of carboxylic acid groups (broad SMARTS) is 1. The summed E-state index contributed by atoms with van der Waals surface area (Å²) >= 11 is 1.40. The molecule has 2 aromatic rings. The fourth-order valence-corrected chi connectivity index (χ4v) is 5.25. The SMILES string of the molecule is CC[C@H](C)[C@H](OCc1ccccc1F)[C@H]1[C@H]([N+](=O)[O-])[C@H](c2ccsc2)N[C@@H]1C(=O)NCCC(=O)O. The number of carbonyl (C=O) groups excluding carboxylic acids is 1. The Morgan fingerprint density at radius 2 is 2.09 bits per heavy atom. The summed E-state index contributed by atoms with van der Waals surface area (Å²) in [5.74, 6) is -3.08. The molecule has 1 aromatic carbocycles. The molecule has 0 aliphatic carbocycles. The molecule has 0 spiro atoms. The molecule has 1 aliphatic heterocycles. The molecule has 0 bridgehead atoms. The molecule has 190 valence electrons. The predicted octanol–water partition coefficient (Wildman–Crippen LogP) is 3.38. The maximum absolute atomic E-state index is 14.3. The van der Waals surface area contributed by atoms with Crippen LogP contribution in [0.4, 0.5) is 4.39 Å². The Morgan fingerprint density at radius 1 is 1.34 bits per heavy atom. The largest absolute Gasteiger partial charge is 0.481 e. The third-order valence-electron chi connectivity index (χ3n) is 6.52. The molecular formula is C24H30FN3O6S. The minimum Gasteiger partial charge on any atom is -0.481 e. The summed E-state index contributed by atoms with van der Waals surface area (Å²) in [4.78, 5) is 36.0. The molecule has 1 saturated heterocycles. The van der Waals surface area contributed by atoms with Crippen LogP contribution >= 0.6 is 11.3 Å². The fourth-order valence-electron chi connectivity index (χ4n) is 4.56. The lowest BCUT2D eigenvalue weighted by Gasteiger charge is -2.32. The Hall–Kier alpha value is -2.89. The van der Waals surface area contributed by atoms with Crippen molar-refractivity contribution in [2.45, 2.75) is 57.5 Å². The second-order valence-corrected chi connectivity index (χ2v) is 9.50. The van der Waals surface area contributed by atoms with Crippen molar-refractivity contribution in [2.75, 3.05) is 6.54 Å². The number of halogens is 1. The van der Waals surface area contributed by atoms with Crippen LogP contribution in [-0.4, -0.2) is 46.6 Å². The normalized spacial score (nSPS) is 23.5. The summed E-state index contributed by atoms with van der Waals surface area (Å²) in [6, 6.07) is 5.02. The number of rotatable bonds is 12. The van der Waals surface area contributed by atoms with Gasteiger partial charge >= 0.3 is 5.97 Å². The van der Waals surface area contributed by atoms with E-state index < -0.39 is 47.8 Å². The van der Waals surface area contributed by atoms with Gasteiger partial charge in [0.25, 0.3) is 0 Å². The minimum absolute atomic E-state index is 0.0981. The number of hydrogen-bond acceptors (Lipinski definition) is 7. The van der Waals surface area contributed by atoms with Gasteiger partial charge in [-0.2, -0.15) is 11.3 Å². The molecule has 6 atom stereocenters. The van der Waals surface area contributed by atoms with Crippen LogP contribution in [0.1, 0.15) is 43.9 Å². The quantitative estimate of drug-likeness (QED) is 0.296. The van der Waals surface area contributed by atoms with Gasteiger partial charge in [0.05, 0.1) is 31.1 Å². The predicted molar refractivity (Wildman–Crippen MR) is 128 cm³/mol. The number of aliphatic carboxylic acids is 1. The highest BCUT2D eigenvalue weighted by atomic mass is 32.1. The van der Waals surface area contributed by atoms with Crippen LogP contribution in [0.15, 0.2) is 41.1 Å². The number of nitrogens with one attached hydrogen (secondary N) is 2. The van der Waals surface area contributed by atoms with Gasteiger partial charge in [-0.05, 0) is 34.4 Å². The summed E-state index contributed by atoms with van der Waals surface area (Å²) in [5.41, 5.74) is 1.01. The number of carbonyl (C=O) groups is 2. The zero-order chi connectivity index (χ0) is 25.5. The van der Waals surface area contributed by atoms with Crippen molar-refractivity contribution < 1.29 is 28.7 Å². The third kappa shape index (κ3) is 6.41. The Kier molecular flexibility index (Phi) is 9.30. The van der Waals surface area contributed by atoms with E-state index in [2.05, 4.69) is 10.6 Å². The summed E-state index contributed by atoms with van der Waals surface area (Å²) < 4.78 is 20.4. The lowest BCUT2D eigenvalue weighted by atomic mass is 9.80. The number of carboxylic acids is 1. The maximum atomic E-state index is 14.3. The van der Waals surface area contributed by atoms with Crippen LogP contribution in [0.3, 0.4) is 0 Å². The highest BCUT2D eigenvalue weighted by Crippen LogP contribution is 2.40. The first kappa shape index (κ1) is 26.7. The van der Waals surface area contributed by atoms with Crippen LogP contribution in [0, 0.1) is 27.8 Å². The Balaban J connectivity index is 1.96. The first-order chi connectivity index (χ1) is 16.7. The second-order valence-electron chi connectivity index (χ2n) is 8.72. The number of ether oxygens (including phenoxy) is 1. The van der Waals surface area contributed by atoms with E-state index in [0.717, 1.165) is 0 Å². The fraction of sp³-hybridized carbons (Fsp3) is 0.500. The van der Waals surface area contributed by atoms with Gasteiger partial charge in [-0.25, -0.2) is 4.39 Å². The smallest absolute Gasteiger partial charge is 0.305 e. The Bertz CT molecular complexity index is 1020. The molecule has 1 fully saturated rings. The highest BCUT2D eigenvalue weighted by molar-refractivity contribution is 7.08. The van der Waals surface area contributed by atoms with Gasteiger partial charge in [0.1, 0.15) is 11.9 Å². The molecular weight excluding hydrogens is 477 g/mol. The van der Waals surface area contributed by atoms with Crippen molar-refractivity contribution in [3.63, 3.8) is 0 Å². The van der Waals surface area contributed by atoms with Gasteiger partial charge in [0, 0.05) is 17.0 Å². The van der Waals surface area contributed by atoms with E-state index in [0.29, 0.717) is 17.5 Å². The average Bonchev–Trinajstić information content (AvgIpc) is 3.48. The molecule has 0 radical (unpaired) electrons. The van der Waals surface area contributed by atoms with E-state index in [1.54, 1.807) is 29.6 Å². The molecule has 0 saturated carbocycles. The molecule has 1 amide bonds. The summed E-state index contributed by atoms with van der Waals surface area (Å²) in [7, 11) is 0. The van der Waals surface area contributed by atoms with Crippen molar-refractivity contribution in [2.24, 2.45) is 11.8 Å². The zero-order valence-electron chi connectivity index (χ0n) is 19.6. The van der Waals surface area contributed by atoms with Gasteiger partial charge in [0.2, 0.25) is 11.9 Å². The number of hydrogen-bond donors (Lipinski definition) is 3. The molecule has 1 aliphatic rings. The molecule has 2 heterocycles. The van der Waals surface area contributed by atoms with E-state index in [1.165, 1.54) is 17.4 Å². The molecule has 1 aromatic heterocycles. The lowest BCUT2D eigenvalue weighted by Crippen LogP contribution is -2.51. The lowest BCUT2D eigenvalue weighted by molar-refractivity contribution is -0.535. The van der Waals surface area contributed by atoms with Gasteiger partial charge in [-0.15, -0.1) is 0 Å². The van der Waals surface area contributed by atoms with E-state index >= 15 is 0 Å². The Morgan fingerprint density at radius 3 is 2.69 bits per heavy atom. The van der Waals surface area contributed by atoms with Gasteiger partial charge < -0.3 is 15.2 Å². The van der Waals surface area contributed by atoms with Crippen molar-refractivity contribution >= 4 is 23.2 Å². The highest BCUT2D eigenvalue weighted by Gasteiger charge is 2.57. The van der Waals surface area contributed by atoms with Crippen LogP contribution in [0.2, 0.25) is 0 Å². The van der Waals surface area contributed by atoms with E-state index in [4.69, 9.17) is 9.84 Å². The molecule has 11 heteroatoms. The van der Waals surface area contributed by atoms with Crippen molar-refractivity contribution in [3.05, 3.63) is 68.2 Å². The average molecular weight is 508 g/mol. The van der Waals surface area contributed by atoms with E-state index in [9.17, 15) is 24.1 Å². The first-order valence-electron chi connectivity index (χ1n) is 11.5. The molecule has 3 N–H and O–H groups in total. The number of benzene rings is 1. The van der Waals surface area contributed by atoms with Crippen LogP contribution in [-0.2, 0) is 20.9 Å². The monoisotopic (exact) mass is 507 g/mol. The van der Waals surface area contributed by atoms with Gasteiger partial charge in [0.15, 0.2) is 0 Å².